The molecule has 1 aliphatic heterocycles. The molecule has 35 heavy (non-hydrogen) atoms. The molecule has 0 spiro atoms. The van der Waals surface area contributed by atoms with Gasteiger partial charge in [-0.25, -0.2) is 4.79 Å². The quantitative estimate of drug-likeness (QED) is 0.268. The lowest BCUT2D eigenvalue weighted by atomic mass is 10.1. The molecule has 1 amide bonds. The van der Waals surface area contributed by atoms with Crippen LogP contribution in [0.1, 0.15) is 19.4 Å². The van der Waals surface area contributed by atoms with Crippen LogP contribution >= 0.6 is 15.9 Å². The monoisotopic (exact) mass is 541 g/mol. The number of amides is 1. The number of esters is 1. The van der Waals surface area contributed by atoms with E-state index in [4.69, 9.17) is 14.2 Å². The van der Waals surface area contributed by atoms with Gasteiger partial charge in [0.1, 0.15) is 11.6 Å². The number of nitrogens with zero attached hydrogens (tertiary/aromatic N) is 3. The summed E-state index contributed by atoms with van der Waals surface area (Å²) < 4.78 is 16.7. The molecule has 3 rings (SSSR count). The lowest BCUT2D eigenvalue weighted by Gasteiger charge is -2.36. The van der Waals surface area contributed by atoms with Gasteiger partial charge in [-0.3, -0.25) is 4.79 Å². The minimum atomic E-state index is -0.490. The fourth-order valence-electron chi connectivity index (χ4n) is 3.69. The van der Waals surface area contributed by atoms with Crippen molar-refractivity contribution in [3.8, 4) is 17.6 Å². The van der Waals surface area contributed by atoms with Gasteiger partial charge in [-0.15, -0.1) is 0 Å². The molecule has 0 atom stereocenters. The zero-order valence-electron chi connectivity index (χ0n) is 19.8. The van der Waals surface area contributed by atoms with E-state index in [9.17, 15) is 14.9 Å². The molecule has 0 radical (unpaired) electrons. The number of para-hydroxylation sites is 1. The van der Waals surface area contributed by atoms with Gasteiger partial charge in [-0.2, -0.15) is 5.26 Å². The topological polar surface area (TPSA) is 92.1 Å². The number of rotatable bonds is 9. The molecule has 2 aromatic carbocycles. The molecule has 1 heterocycles. The first-order valence-electron chi connectivity index (χ1n) is 11.4. The van der Waals surface area contributed by atoms with Gasteiger partial charge in [0.2, 0.25) is 0 Å². The number of hydrogen-bond donors (Lipinski definition) is 0. The molecule has 184 valence electrons. The second-order valence-electron chi connectivity index (χ2n) is 7.64. The van der Waals surface area contributed by atoms with Gasteiger partial charge in [0.15, 0.2) is 18.1 Å². The van der Waals surface area contributed by atoms with Crippen LogP contribution in [0.15, 0.2) is 52.5 Å². The number of benzene rings is 2. The molecular weight excluding hydrogens is 514 g/mol. The van der Waals surface area contributed by atoms with E-state index in [-0.39, 0.29) is 24.7 Å². The van der Waals surface area contributed by atoms with Gasteiger partial charge < -0.3 is 24.0 Å². The molecule has 9 heteroatoms. The SMILES string of the molecule is CCOC(=O)COc1c(Br)cc(/C=C(/C#N)C(=O)N2CCN(c3ccccc3)CC2)cc1OCC. The van der Waals surface area contributed by atoms with Crippen LogP contribution in [0.4, 0.5) is 5.69 Å². The van der Waals surface area contributed by atoms with Crippen LogP contribution in [0.5, 0.6) is 11.5 Å². The lowest BCUT2D eigenvalue weighted by Crippen LogP contribution is -2.49. The standard InChI is InChI=1S/C26H28BrN3O5/c1-3-33-23-16-19(15-22(27)25(23)35-18-24(31)34-4-2)14-20(17-28)26(32)30-12-10-29(11-13-30)21-8-6-5-7-9-21/h5-9,14-16H,3-4,10-13,18H2,1-2H3/b20-14-. The number of piperazine rings is 1. The van der Waals surface area contributed by atoms with Gasteiger partial charge in [0.05, 0.1) is 17.7 Å². The second kappa shape index (κ2) is 12.8. The number of anilines is 1. The largest absolute Gasteiger partial charge is 0.490 e. The molecule has 0 aliphatic carbocycles. The second-order valence-corrected chi connectivity index (χ2v) is 8.50. The van der Waals surface area contributed by atoms with E-state index < -0.39 is 5.97 Å². The van der Waals surface area contributed by atoms with Crippen molar-refractivity contribution in [3.05, 3.63) is 58.1 Å². The van der Waals surface area contributed by atoms with Crippen molar-refractivity contribution in [2.24, 2.45) is 0 Å². The van der Waals surface area contributed by atoms with Crippen molar-refractivity contribution in [2.45, 2.75) is 13.8 Å². The Morgan fingerprint density at radius 3 is 2.40 bits per heavy atom. The maximum Gasteiger partial charge on any atom is 0.344 e. The van der Waals surface area contributed by atoms with Crippen molar-refractivity contribution >= 4 is 39.6 Å². The summed E-state index contributed by atoms with van der Waals surface area (Å²) in [4.78, 5) is 28.7. The van der Waals surface area contributed by atoms with Crippen LogP contribution in [-0.2, 0) is 14.3 Å². The molecular formula is C26H28BrN3O5. The molecule has 1 saturated heterocycles. The minimum Gasteiger partial charge on any atom is -0.490 e. The fourth-order valence-corrected chi connectivity index (χ4v) is 4.27. The third kappa shape index (κ3) is 6.99. The average Bonchev–Trinajstić information content (AvgIpc) is 2.87. The van der Waals surface area contributed by atoms with Crippen molar-refractivity contribution in [3.63, 3.8) is 0 Å². The zero-order chi connectivity index (χ0) is 25.2. The first kappa shape index (κ1) is 26.1. The highest BCUT2D eigenvalue weighted by Crippen LogP contribution is 2.37. The molecule has 0 unspecified atom stereocenters. The van der Waals surface area contributed by atoms with Gasteiger partial charge in [0, 0.05) is 31.9 Å². The lowest BCUT2D eigenvalue weighted by molar-refractivity contribution is -0.145. The summed E-state index contributed by atoms with van der Waals surface area (Å²) in [6.07, 6.45) is 1.54. The number of hydrogen-bond acceptors (Lipinski definition) is 7. The van der Waals surface area contributed by atoms with Crippen molar-refractivity contribution in [1.82, 2.24) is 4.90 Å². The Bertz CT molecular complexity index is 1110. The molecule has 0 saturated carbocycles. The Labute approximate surface area is 213 Å². The fraction of sp³-hybridized carbons (Fsp3) is 0.346. The third-order valence-corrected chi connectivity index (χ3v) is 5.91. The van der Waals surface area contributed by atoms with E-state index in [0.29, 0.717) is 54.3 Å². The highest BCUT2D eigenvalue weighted by Gasteiger charge is 2.24. The number of halogens is 1. The first-order valence-corrected chi connectivity index (χ1v) is 12.2. The van der Waals surface area contributed by atoms with E-state index in [1.807, 2.05) is 43.3 Å². The summed E-state index contributed by atoms with van der Waals surface area (Å²) >= 11 is 3.44. The van der Waals surface area contributed by atoms with E-state index >= 15 is 0 Å². The third-order valence-electron chi connectivity index (χ3n) is 5.32. The van der Waals surface area contributed by atoms with Crippen LogP contribution in [0.2, 0.25) is 0 Å². The number of carbonyl (C=O) groups is 2. The highest BCUT2D eigenvalue weighted by molar-refractivity contribution is 9.10. The smallest absolute Gasteiger partial charge is 0.344 e. The molecule has 1 fully saturated rings. The van der Waals surface area contributed by atoms with Crippen LogP contribution in [-0.4, -0.2) is 62.8 Å². The van der Waals surface area contributed by atoms with Crippen LogP contribution < -0.4 is 14.4 Å². The molecule has 8 nitrogen and oxygen atoms in total. The van der Waals surface area contributed by atoms with E-state index in [1.165, 1.54) is 6.08 Å². The van der Waals surface area contributed by atoms with Crippen molar-refractivity contribution in [1.29, 1.82) is 5.26 Å². The Balaban J connectivity index is 1.74. The predicted molar refractivity (Wildman–Crippen MR) is 136 cm³/mol. The highest BCUT2D eigenvalue weighted by atomic mass is 79.9. The first-order chi connectivity index (χ1) is 17.0. The van der Waals surface area contributed by atoms with Crippen LogP contribution in [0.3, 0.4) is 0 Å². The summed E-state index contributed by atoms with van der Waals surface area (Å²) in [7, 11) is 0. The average molecular weight is 542 g/mol. The Morgan fingerprint density at radius 2 is 1.77 bits per heavy atom. The van der Waals surface area contributed by atoms with Crippen LogP contribution in [0.25, 0.3) is 6.08 Å². The van der Waals surface area contributed by atoms with Gasteiger partial charge in [-0.1, -0.05) is 18.2 Å². The Kier molecular flexibility index (Phi) is 9.56. The Morgan fingerprint density at radius 1 is 1.06 bits per heavy atom. The molecule has 1 aliphatic rings. The summed E-state index contributed by atoms with van der Waals surface area (Å²) in [5.41, 5.74) is 1.75. The van der Waals surface area contributed by atoms with Gasteiger partial charge >= 0.3 is 5.97 Å². The maximum atomic E-state index is 13.1. The van der Waals surface area contributed by atoms with E-state index in [1.54, 1.807) is 24.0 Å². The van der Waals surface area contributed by atoms with Crippen molar-refractivity contribution in [2.75, 3.05) is 50.9 Å². The summed E-state index contributed by atoms with van der Waals surface area (Å²) in [5, 5.41) is 9.72. The predicted octanol–water partition coefficient (Wildman–Crippen LogP) is 4.05. The van der Waals surface area contributed by atoms with E-state index in [0.717, 1.165) is 5.69 Å². The van der Waals surface area contributed by atoms with Gasteiger partial charge in [-0.05, 0) is 65.7 Å². The molecule has 0 bridgehead atoms. The molecule has 0 N–H and O–H groups in total. The summed E-state index contributed by atoms with van der Waals surface area (Å²) in [6.45, 7) is 6.36. The summed E-state index contributed by atoms with van der Waals surface area (Å²) in [5.74, 6) is -0.0648. The van der Waals surface area contributed by atoms with E-state index in [2.05, 4.69) is 20.8 Å². The molecule has 0 aromatic heterocycles. The number of carbonyl (C=O) groups excluding carboxylic acids is 2. The maximum absolute atomic E-state index is 13.1. The number of nitriles is 1. The zero-order valence-corrected chi connectivity index (χ0v) is 21.4. The minimum absolute atomic E-state index is 0.0349. The van der Waals surface area contributed by atoms with Gasteiger partial charge in [0.25, 0.3) is 5.91 Å². The Hall–Kier alpha value is -3.51. The molecule has 2 aromatic rings. The summed E-state index contributed by atoms with van der Waals surface area (Å²) in [6, 6.07) is 15.5. The normalized spacial score (nSPS) is 13.7. The van der Waals surface area contributed by atoms with Crippen molar-refractivity contribution < 1.29 is 23.8 Å². The number of ether oxygens (including phenoxy) is 3. The van der Waals surface area contributed by atoms with Crippen LogP contribution in [0, 0.1) is 11.3 Å².